The molecule has 4 heteroatoms. The van der Waals surface area contributed by atoms with Crippen molar-refractivity contribution in [3.05, 3.63) is 60.2 Å². The monoisotopic (exact) mass is 351 g/mol. The first-order valence-electron chi connectivity index (χ1n) is 9.60. The minimum Gasteiger partial charge on any atom is -0.372 e. The van der Waals surface area contributed by atoms with E-state index in [0.29, 0.717) is 13.1 Å². The quantitative estimate of drug-likeness (QED) is 0.825. The Morgan fingerprint density at radius 1 is 1.08 bits per heavy atom. The van der Waals surface area contributed by atoms with E-state index in [1.165, 1.54) is 18.5 Å². The molecule has 26 heavy (non-hydrogen) atoms. The van der Waals surface area contributed by atoms with Gasteiger partial charge in [0.25, 0.3) is 0 Å². The van der Waals surface area contributed by atoms with Gasteiger partial charge >= 0.3 is 6.03 Å². The second-order valence-corrected chi connectivity index (χ2v) is 7.15. The van der Waals surface area contributed by atoms with Gasteiger partial charge < -0.3 is 15.1 Å². The maximum Gasteiger partial charge on any atom is 0.322 e. The summed E-state index contributed by atoms with van der Waals surface area (Å²) >= 11 is 0. The lowest BCUT2D eigenvalue weighted by atomic mass is 9.99. The molecule has 2 aromatic carbocycles. The number of carbonyl (C=O) groups excluding carboxylic acids is 1. The largest absolute Gasteiger partial charge is 0.372 e. The zero-order valence-corrected chi connectivity index (χ0v) is 15.8. The number of amides is 2. The number of nitrogens with zero attached hydrogens (tertiary/aromatic N) is 2. The molecule has 0 saturated carbocycles. The highest BCUT2D eigenvalue weighted by atomic mass is 16.2. The fourth-order valence-electron chi connectivity index (χ4n) is 3.36. The van der Waals surface area contributed by atoms with E-state index < -0.39 is 0 Å². The van der Waals surface area contributed by atoms with Crippen molar-refractivity contribution in [1.29, 1.82) is 0 Å². The van der Waals surface area contributed by atoms with Gasteiger partial charge in [-0.05, 0) is 55.5 Å². The molecule has 1 heterocycles. The van der Waals surface area contributed by atoms with Crippen LogP contribution >= 0.6 is 0 Å². The lowest BCUT2D eigenvalue weighted by Gasteiger charge is -2.32. The Kier molecular flexibility index (Phi) is 6.16. The van der Waals surface area contributed by atoms with Crippen LogP contribution in [0.5, 0.6) is 0 Å². The third-order valence-electron chi connectivity index (χ3n) is 5.15. The van der Waals surface area contributed by atoms with Crippen LogP contribution in [0.25, 0.3) is 0 Å². The summed E-state index contributed by atoms with van der Waals surface area (Å²) in [5.74, 6) is 0.828. The summed E-state index contributed by atoms with van der Waals surface area (Å²) in [4.78, 5) is 16.8. The molecule has 0 atom stereocenters. The normalized spacial score (nSPS) is 14.9. The number of carbonyl (C=O) groups is 1. The van der Waals surface area contributed by atoms with Crippen molar-refractivity contribution < 1.29 is 4.79 Å². The van der Waals surface area contributed by atoms with Crippen molar-refractivity contribution in [2.45, 2.75) is 33.2 Å². The van der Waals surface area contributed by atoms with Gasteiger partial charge in [0, 0.05) is 37.6 Å². The zero-order chi connectivity index (χ0) is 18.4. The highest BCUT2D eigenvalue weighted by molar-refractivity contribution is 5.89. The number of anilines is 2. The maximum atomic E-state index is 12.6. The molecule has 2 amide bonds. The Bertz CT molecular complexity index is 691. The Balaban J connectivity index is 1.58. The van der Waals surface area contributed by atoms with Crippen molar-refractivity contribution in [2.24, 2.45) is 5.92 Å². The minimum absolute atomic E-state index is 0.0594. The SMILES string of the molecule is CCN(Cc1ccccc1)C(=O)Nc1ccc(N2CCC(C)CC2)cc1. The molecule has 0 radical (unpaired) electrons. The number of piperidine rings is 1. The summed E-state index contributed by atoms with van der Waals surface area (Å²) in [5.41, 5.74) is 3.22. The van der Waals surface area contributed by atoms with Crippen molar-refractivity contribution >= 4 is 17.4 Å². The smallest absolute Gasteiger partial charge is 0.322 e. The Hall–Kier alpha value is -2.49. The lowest BCUT2D eigenvalue weighted by Crippen LogP contribution is -2.34. The van der Waals surface area contributed by atoms with Crippen molar-refractivity contribution in [3.8, 4) is 0 Å². The van der Waals surface area contributed by atoms with Gasteiger partial charge in [-0.25, -0.2) is 4.79 Å². The van der Waals surface area contributed by atoms with Crippen molar-refractivity contribution in [3.63, 3.8) is 0 Å². The molecule has 3 rings (SSSR count). The first kappa shape index (κ1) is 18.3. The average Bonchev–Trinajstić information content (AvgIpc) is 2.68. The first-order chi connectivity index (χ1) is 12.7. The summed E-state index contributed by atoms with van der Waals surface area (Å²) in [5, 5.41) is 3.02. The summed E-state index contributed by atoms with van der Waals surface area (Å²) in [6.45, 7) is 7.85. The molecule has 1 aliphatic heterocycles. The van der Waals surface area contributed by atoms with Gasteiger partial charge in [0.2, 0.25) is 0 Å². The molecule has 0 spiro atoms. The van der Waals surface area contributed by atoms with Crippen molar-refractivity contribution in [2.75, 3.05) is 29.9 Å². The van der Waals surface area contributed by atoms with Crippen LogP contribution in [0, 0.1) is 5.92 Å². The number of benzene rings is 2. The predicted molar refractivity (Wildman–Crippen MR) is 109 cm³/mol. The molecule has 1 saturated heterocycles. The van der Waals surface area contributed by atoms with Crippen LogP contribution in [0.2, 0.25) is 0 Å². The Morgan fingerprint density at radius 3 is 2.35 bits per heavy atom. The molecule has 0 aliphatic carbocycles. The number of nitrogens with one attached hydrogen (secondary N) is 1. The van der Waals surface area contributed by atoms with E-state index in [9.17, 15) is 4.79 Å². The lowest BCUT2D eigenvalue weighted by molar-refractivity contribution is 0.212. The molecule has 1 fully saturated rings. The summed E-state index contributed by atoms with van der Waals surface area (Å²) in [6, 6.07) is 18.2. The van der Waals surface area contributed by atoms with Gasteiger partial charge in [-0.1, -0.05) is 37.3 Å². The number of hydrogen-bond acceptors (Lipinski definition) is 2. The summed E-state index contributed by atoms with van der Waals surface area (Å²) in [7, 11) is 0. The number of hydrogen-bond donors (Lipinski definition) is 1. The van der Waals surface area contributed by atoms with Gasteiger partial charge in [-0.2, -0.15) is 0 Å². The Labute approximate surface area is 156 Å². The van der Waals surface area contributed by atoms with Crippen LogP contribution in [-0.2, 0) is 6.54 Å². The highest BCUT2D eigenvalue weighted by Gasteiger charge is 2.16. The van der Waals surface area contributed by atoms with Gasteiger partial charge in [0.15, 0.2) is 0 Å². The second-order valence-electron chi connectivity index (χ2n) is 7.15. The van der Waals surface area contributed by atoms with Crippen LogP contribution in [0.4, 0.5) is 16.2 Å². The Morgan fingerprint density at radius 2 is 1.73 bits per heavy atom. The van der Waals surface area contributed by atoms with Crippen LogP contribution < -0.4 is 10.2 Å². The zero-order valence-electron chi connectivity index (χ0n) is 15.8. The van der Waals surface area contributed by atoms with Crippen LogP contribution in [0.3, 0.4) is 0 Å². The molecule has 1 aliphatic rings. The van der Waals surface area contributed by atoms with Gasteiger partial charge in [-0.15, -0.1) is 0 Å². The molecule has 0 bridgehead atoms. The molecular weight excluding hydrogens is 322 g/mol. The fraction of sp³-hybridized carbons (Fsp3) is 0.409. The van der Waals surface area contributed by atoms with E-state index in [0.717, 1.165) is 30.3 Å². The minimum atomic E-state index is -0.0594. The van der Waals surface area contributed by atoms with E-state index in [4.69, 9.17) is 0 Å². The molecule has 138 valence electrons. The number of urea groups is 1. The van der Waals surface area contributed by atoms with Crippen molar-refractivity contribution in [1.82, 2.24) is 4.90 Å². The standard InChI is InChI=1S/C22H29N3O/c1-3-24(17-19-7-5-4-6-8-19)22(26)23-20-9-11-21(12-10-20)25-15-13-18(2)14-16-25/h4-12,18H,3,13-17H2,1-2H3,(H,23,26). The maximum absolute atomic E-state index is 12.6. The van der Waals surface area contributed by atoms with Gasteiger partial charge in [-0.3, -0.25) is 0 Å². The third kappa shape index (κ3) is 4.78. The fourth-order valence-corrected chi connectivity index (χ4v) is 3.36. The van der Waals surface area contributed by atoms with E-state index in [-0.39, 0.29) is 6.03 Å². The average molecular weight is 351 g/mol. The first-order valence-corrected chi connectivity index (χ1v) is 9.60. The van der Waals surface area contributed by atoms with Gasteiger partial charge in [0.05, 0.1) is 0 Å². The van der Waals surface area contributed by atoms with Crippen LogP contribution in [-0.4, -0.2) is 30.6 Å². The summed E-state index contributed by atoms with van der Waals surface area (Å²) in [6.07, 6.45) is 2.51. The third-order valence-corrected chi connectivity index (χ3v) is 5.15. The van der Waals surface area contributed by atoms with Crippen LogP contribution in [0.15, 0.2) is 54.6 Å². The second kappa shape index (κ2) is 8.75. The topological polar surface area (TPSA) is 35.6 Å². The highest BCUT2D eigenvalue weighted by Crippen LogP contribution is 2.24. The van der Waals surface area contributed by atoms with E-state index in [2.05, 4.69) is 29.3 Å². The predicted octanol–water partition coefficient (Wildman–Crippen LogP) is 4.98. The number of rotatable bonds is 5. The van der Waals surface area contributed by atoms with E-state index in [1.807, 2.05) is 54.3 Å². The molecular formula is C22H29N3O. The summed E-state index contributed by atoms with van der Waals surface area (Å²) < 4.78 is 0. The molecule has 4 nitrogen and oxygen atoms in total. The molecule has 0 unspecified atom stereocenters. The van der Waals surface area contributed by atoms with Gasteiger partial charge in [0.1, 0.15) is 0 Å². The van der Waals surface area contributed by atoms with Crippen LogP contribution in [0.1, 0.15) is 32.3 Å². The molecule has 2 aromatic rings. The molecule has 0 aromatic heterocycles. The molecule has 1 N–H and O–H groups in total. The van der Waals surface area contributed by atoms with E-state index in [1.54, 1.807) is 0 Å². The van der Waals surface area contributed by atoms with E-state index >= 15 is 0 Å².